The highest BCUT2D eigenvalue weighted by atomic mass is 127. The smallest absolute Gasteiger partial charge is 0.194 e. The van der Waals surface area contributed by atoms with Crippen LogP contribution in [0.3, 0.4) is 0 Å². The van der Waals surface area contributed by atoms with Gasteiger partial charge in [0, 0.05) is 30.6 Å². The fourth-order valence-electron chi connectivity index (χ4n) is 2.25. The maximum atomic E-state index is 5.35. The highest BCUT2D eigenvalue weighted by molar-refractivity contribution is 14.0. The van der Waals surface area contributed by atoms with Crippen LogP contribution in [-0.4, -0.2) is 41.5 Å². The summed E-state index contributed by atoms with van der Waals surface area (Å²) in [6.07, 6.45) is 1.70. The Labute approximate surface area is 149 Å². The molecule has 0 amide bonds. The molecule has 0 spiro atoms. The summed E-state index contributed by atoms with van der Waals surface area (Å²) in [6, 6.07) is 3.88. The van der Waals surface area contributed by atoms with Crippen molar-refractivity contribution in [3.05, 3.63) is 24.2 Å². The van der Waals surface area contributed by atoms with Gasteiger partial charge in [0.15, 0.2) is 5.96 Å². The van der Waals surface area contributed by atoms with Crippen molar-refractivity contribution in [2.24, 2.45) is 10.9 Å². The number of aliphatic imine (C=N–C) groups is 1. The highest BCUT2D eigenvalue weighted by Crippen LogP contribution is 2.24. The Balaban J connectivity index is 0.00000220. The molecule has 4 nitrogen and oxygen atoms in total. The number of nitrogens with one attached hydrogen (secondary N) is 1. The number of hydrogen-bond donors (Lipinski definition) is 1. The molecule has 0 radical (unpaired) electrons. The Morgan fingerprint density at radius 2 is 2.38 bits per heavy atom. The summed E-state index contributed by atoms with van der Waals surface area (Å²) in [7, 11) is 0. The average Bonchev–Trinajstić information content (AvgIpc) is 2.97. The van der Waals surface area contributed by atoms with Crippen molar-refractivity contribution in [2.75, 3.05) is 25.4 Å². The van der Waals surface area contributed by atoms with Gasteiger partial charge in [-0.2, -0.15) is 11.8 Å². The van der Waals surface area contributed by atoms with Gasteiger partial charge in [-0.3, -0.25) is 0 Å². The maximum absolute atomic E-state index is 5.35. The summed E-state index contributed by atoms with van der Waals surface area (Å²) in [5, 5.41) is 4.09. The number of hydrogen-bond acceptors (Lipinski definition) is 3. The molecule has 0 aromatic carbocycles. The van der Waals surface area contributed by atoms with Gasteiger partial charge in [-0.25, -0.2) is 4.99 Å². The van der Waals surface area contributed by atoms with Crippen LogP contribution >= 0.6 is 35.7 Å². The third kappa shape index (κ3) is 5.73. The standard InChI is InChI=1S/C15H25N3OS.HI/c1-4-16-15(17-10-13-6-5-8-19-13)18-7-9-20-14(11-18)12(2)3;/h5-6,8,12,14H,4,7,9-11H2,1-3H3,(H,16,17);1H. The van der Waals surface area contributed by atoms with Gasteiger partial charge in [-0.05, 0) is 25.0 Å². The molecule has 1 aliphatic rings. The number of thioether (sulfide) groups is 1. The van der Waals surface area contributed by atoms with Crippen LogP contribution in [0.4, 0.5) is 0 Å². The normalized spacial score (nSPS) is 19.5. The van der Waals surface area contributed by atoms with Crippen molar-refractivity contribution in [3.63, 3.8) is 0 Å². The number of nitrogens with zero attached hydrogens (tertiary/aromatic N) is 2. The van der Waals surface area contributed by atoms with Crippen molar-refractivity contribution in [1.29, 1.82) is 0 Å². The van der Waals surface area contributed by atoms with E-state index in [1.165, 1.54) is 5.75 Å². The van der Waals surface area contributed by atoms with E-state index in [2.05, 4.69) is 42.7 Å². The Kier molecular flexibility index (Phi) is 8.55. The highest BCUT2D eigenvalue weighted by Gasteiger charge is 2.24. The zero-order chi connectivity index (χ0) is 14.4. The van der Waals surface area contributed by atoms with Gasteiger partial charge >= 0.3 is 0 Å². The van der Waals surface area contributed by atoms with E-state index in [0.717, 1.165) is 31.4 Å². The van der Waals surface area contributed by atoms with Gasteiger partial charge in [0.2, 0.25) is 0 Å². The zero-order valence-electron chi connectivity index (χ0n) is 13.0. The minimum Gasteiger partial charge on any atom is -0.467 e. The summed E-state index contributed by atoms with van der Waals surface area (Å²) < 4.78 is 5.35. The largest absolute Gasteiger partial charge is 0.467 e. The first-order valence-electron chi connectivity index (χ1n) is 7.38. The molecule has 120 valence electrons. The van der Waals surface area contributed by atoms with Gasteiger partial charge in [0.1, 0.15) is 12.3 Å². The molecule has 2 rings (SSSR count). The number of guanidine groups is 1. The summed E-state index contributed by atoms with van der Waals surface area (Å²) in [4.78, 5) is 7.08. The first-order valence-corrected chi connectivity index (χ1v) is 8.42. The molecule has 6 heteroatoms. The van der Waals surface area contributed by atoms with E-state index in [9.17, 15) is 0 Å². The minimum absolute atomic E-state index is 0. The molecule has 1 aliphatic heterocycles. The van der Waals surface area contributed by atoms with Crippen molar-refractivity contribution < 1.29 is 4.42 Å². The topological polar surface area (TPSA) is 40.8 Å². The molecule has 1 atom stereocenters. The molecule has 21 heavy (non-hydrogen) atoms. The summed E-state index contributed by atoms with van der Waals surface area (Å²) in [5.74, 6) is 3.80. The zero-order valence-corrected chi connectivity index (χ0v) is 16.2. The lowest BCUT2D eigenvalue weighted by molar-refractivity contribution is 0.380. The molecule has 0 bridgehead atoms. The summed E-state index contributed by atoms with van der Waals surface area (Å²) in [6.45, 7) is 10.4. The van der Waals surface area contributed by atoms with Gasteiger partial charge in [-0.15, -0.1) is 24.0 Å². The molecule has 2 heterocycles. The van der Waals surface area contributed by atoms with E-state index >= 15 is 0 Å². The maximum Gasteiger partial charge on any atom is 0.194 e. The van der Waals surface area contributed by atoms with Crippen LogP contribution in [0, 0.1) is 5.92 Å². The lowest BCUT2D eigenvalue weighted by Gasteiger charge is -2.36. The van der Waals surface area contributed by atoms with E-state index in [1.54, 1.807) is 6.26 Å². The van der Waals surface area contributed by atoms with E-state index in [4.69, 9.17) is 9.41 Å². The minimum atomic E-state index is 0. The predicted octanol–water partition coefficient (Wildman–Crippen LogP) is 3.44. The van der Waals surface area contributed by atoms with Crippen molar-refractivity contribution in [1.82, 2.24) is 10.2 Å². The van der Waals surface area contributed by atoms with Crippen molar-refractivity contribution in [2.45, 2.75) is 32.6 Å². The molecule has 0 aliphatic carbocycles. The Bertz CT molecular complexity index is 423. The van der Waals surface area contributed by atoms with E-state index in [1.807, 2.05) is 12.1 Å². The van der Waals surface area contributed by atoms with E-state index in [-0.39, 0.29) is 24.0 Å². The number of halogens is 1. The van der Waals surface area contributed by atoms with Gasteiger partial charge in [-0.1, -0.05) is 13.8 Å². The van der Waals surface area contributed by atoms with E-state index < -0.39 is 0 Å². The van der Waals surface area contributed by atoms with Crippen LogP contribution in [0.2, 0.25) is 0 Å². The summed E-state index contributed by atoms with van der Waals surface area (Å²) >= 11 is 2.08. The molecular formula is C15H26IN3OS. The van der Waals surface area contributed by atoms with Crippen LogP contribution in [0.25, 0.3) is 0 Å². The Hall–Kier alpha value is -0.370. The molecule has 1 N–H and O–H groups in total. The number of rotatable bonds is 4. The predicted molar refractivity (Wildman–Crippen MR) is 102 cm³/mol. The second-order valence-electron chi connectivity index (χ2n) is 5.35. The summed E-state index contributed by atoms with van der Waals surface area (Å²) in [5.41, 5.74) is 0. The molecule has 1 fully saturated rings. The lowest BCUT2D eigenvalue weighted by atomic mass is 10.1. The van der Waals surface area contributed by atoms with Crippen LogP contribution < -0.4 is 5.32 Å². The lowest BCUT2D eigenvalue weighted by Crippen LogP contribution is -2.49. The SMILES string of the molecule is CCNC(=NCc1ccco1)N1CCSC(C(C)C)C1.I. The Morgan fingerprint density at radius 3 is 3.00 bits per heavy atom. The third-order valence-corrected chi connectivity index (χ3v) is 4.98. The van der Waals surface area contributed by atoms with E-state index in [0.29, 0.717) is 17.7 Å². The quantitative estimate of drug-likeness (QED) is 0.458. The second kappa shape index (κ2) is 9.61. The van der Waals surface area contributed by atoms with Crippen LogP contribution in [-0.2, 0) is 6.54 Å². The first-order chi connectivity index (χ1) is 9.70. The molecule has 1 unspecified atom stereocenters. The molecule has 1 saturated heterocycles. The first kappa shape index (κ1) is 18.7. The van der Waals surface area contributed by atoms with Gasteiger partial charge in [0.25, 0.3) is 0 Å². The second-order valence-corrected chi connectivity index (χ2v) is 6.70. The molecule has 1 aromatic rings. The average molecular weight is 423 g/mol. The van der Waals surface area contributed by atoms with Crippen molar-refractivity contribution >= 4 is 41.7 Å². The molecule has 1 aromatic heterocycles. The van der Waals surface area contributed by atoms with Gasteiger partial charge < -0.3 is 14.6 Å². The Morgan fingerprint density at radius 1 is 1.57 bits per heavy atom. The van der Waals surface area contributed by atoms with Crippen molar-refractivity contribution in [3.8, 4) is 0 Å². The van der Waals surface area contributed by atoms with Gasteiger partial charge in [0.05, 0.1) is 6.26 Å². The third-order valence-electron chi connectivity index (χ3n) is 3.44. The molecule has 0 saturated carbocycles. The fraction of sp³-hybridized carbons (Fsp3) is 0.667. The fourth-order valence-corrected chi connectivity index (χ4v) is 3.55. The monoisotopic (exact) mass is 423 g/mol. The van der Waals surface area contributed by atoms with Crippen LogP contribution in [0.1, 0.15) is 26.5 Å². The number of furan rings is 1. The molecular weight excluding hydrogens is 397 g/mol. The van der Waals surface area contributed by atoms with Crippen LogP contribution in [0.15, 0.2) is 27.8 Å². The van der Waals surface area contributed by atoms with Crippen LogP contribution in [0.5, 0.6) is 0 Å².